The van der Waals surface area contributed by atoms with Crippen molar-refractivity contribution in [2.75, 3.05) is 6.61 Å². The Balaban J connectivity index is 2.66. The summed E-state index contributed by atoms with van der Waals surface area (Å²) in [6.07, 6.45) is 0. The largest absolute Gasteiger partial charge is 0.550 e. The number of benzene rings is 1. The molecule has 0 fully saturated rings. The van der Waals surface area contributed by atoms with Gasteiger partial charge in [-0.1, -0.05) is 37.3 Å². The minimum atomic E-state index is -4.22. The summed E-state index contributed by atoms with van der Waals surface area (Å²) in [6, 6.07) is 7.87. The number of hydrogen-bond acceptors (Lipinski definition) is 5. The van der Waals surface area contributed by atoms with Gasteiger partial charge in [-0.25, -0.2) is 8.78 Å². The average Bonchev–Trinajstić information content (AvgIpc) is 2.36. The van der Waals surface area contributed by atoms with Crippen LogP contribution in [0, 0.1) is 5.92 Å². The van der Waals surface area contributed by atoms with Gasteiger partial charge in [-0.3, -0.25) is 4.18 Å². The molecule has 0 N–H and O–H groups in total. The SMILES string of the molecule is CC(C(=O)[O-])C(F)(F)COS(=O)(=O)Cc1ccccc1. The Bertz CT molecular complexity index is 556. The lowest BCUT2D eigenvalue weighted by Crippen LogP contribution is -2.44. The molecule has 0 saturated carbocycles. The van der Waals surface area contributed by atoms with Crippen LogP contribution in [0.4, 0.5) is 8.78 Å². The molecule has 1 unspecified atom stereocenters. The van der Waals surface area contributed by atoms with E-state index < -0.39 is 40.3 Å². The van der Waals surface area contributed by atoms with Crippen LogP contribution in [0.1, 0.15) is 12.5 Å². The van der Waals surface area contributed by atoms with E-state index in [1.807, 2.05) is 0 Å². The first-order chi connectivity index (χ1) is 9.14. The predicted molar refractivity (Wildman–Crippen MR) is 64.1 cm³/mol. The summed E-state index contributed by atoms with van der Waals surface area (Å²) < 4.78 is 53.9. The summed E-state index contributed by atoms with van der Waals surface area (Å²) in [4.78, 5) is 10.4. The zero-order valence-electron chi connectivity index (χ0n) is 10.6. The normalized spacial score (nSPS) is 13.9. The fraction of sp³-hybridized carbons (Fsp3) is 0.417. The Labute approximate surface area is 115 Å². The van der Waals surface area contributed by atoms with Crippen molar-refractivity contribution in [3.8, 4) is 0 Å². The third-order valence-electron chi connectivity index (χ3n) is 2.60. The molecule has 5 nitrogen and oxygen atoms in total. The first-order valence-electron chi connectivity index (χ1n) is 5.64. The molecule has 8 heteroatoms. The van der Waals surface area contributed by atoms with Crippen LogP contribution >= 0.6 is 0 Å². The zero-order chi connectivity index (χ0) is 15.4. The van der Waals surface area contributed by atoms with Crippen LogP contribution in [0.25, 0.3) is 0 Å². The van der Waals surface area contributed by atoms with Crippen LogP contribution in [0.3, 0.4) is 0 Å². The molecule has 0 aromatic heterocycles. The fourth-order valence-electron chi connectivity index (χ4n) is 1.29. The number of carbonyl (C=O) groups is 1. The molecule has 1 aromatic rings. The van der Waals surface area contributed by atoms with E-state index in [4.69, 9.17) is 0 Å². The second-order valence-electron chi connectivity index (χ2n) is 4.25. The van der Waals surface area contributed by atoms with Gasteiger partial charge in [0.2, 0.25) is 0 Å². The maximum Gasteiger partial charge on any atom is 0.280 e. The molecule has 0 aliphatic rings. The summed E-state index contributed by atoms with van der Waals surface area (Å²) in [5.41, 5.74) is 0.378. The molecule has 1 rings (SSSR count). The van der Waals surface area contributed by atoms with Crippen molar-refractivity contribution >= 4 is 16.1 Å². The van der Waals surface area contributed by atoms with Crippen LogP contribution in [-0.4, -0.2) is 26.9 Å². The molecular weight excluding hydrogens is 294 g/mol. The number of hydrogen-bond donors (Lipinski definition) is 0. The zero-order valence-corrected chi connectivity index (χ0v) is 11.4. The third kappa shape index (κ3) is 4.86. The second-order valence-corrected chi connectivity index (χ2v) is 5.89. The third-order valence-corrected chi connectivity index (χ3v) is 3.77. The molecule has 0 aliphatic heterocycles. The van der Waals surface area contributed by atoms with Crippen molar-refractivity contribution in [3.63, 3.8) is 0 Å². The molecule has 0 amide bonds. The predicted octanol–water partition coefficient (Wildman–Crippen LogP) is 0.554. The van der Waals surface area contributed by atoms with Crippen LogP contribution in [0.2, 0.25) is 0 Å². The second kappa shape index (κ2) is 6.27. The van der Waals surface area contributed by atoms with Gasteiger partial charge in [-0.05, 0) is 5.56 Å². The highest BCUT2D eigenvalue weighted by Crippen LogP contribution is 2.25. The lowest BCUT2D eigenvalue weighted by molar-refractivity contribution is -0.318. The van der Waals surface area contributed by atoms with Gasteiger partial charge in [0, 0.05) is 0 Å². The summed E-state index contributed by atoms with van der Waals surface area (Å²) in [7, 11) is -4.22. The molecule has 0 radical (unpaired) electrons. The highest BCUT2D eigenvalue weighted by atomic mass is 32.2. The minimum Gasteiger partial charge on any atom is -0.550 e. The van der Waals surface area contributed by atoms with E-state index in [9.17, 15) is 27.1 Å². The van der Waals surface area contributed by atoms with Gasteiger partial charge in [0.1, 0.15) is 12.4 Å². The fourth-order valence-corrected chi connectivity index (χ4v) is 2.31. The minimum absolute atomic E-state index is 0.378. The van der Waals surface area contributed by atoms with E-state index in [0.717, 1.165) is 6.92 Å². The molecule has 0 bridgehead atoms. The maximum atomic E-state index is 13.3. The van der Waals surface area contributed by atoms with Crippen molar-refractivity contribution in [2.24, 2.45) is 5.92 Å². The first kappa shape index (κ1) is 16.5. The number of rotatable bonds is 7. The Morgan fingerprint density at radius 3 is 2.40 bits per heavy atom. The highest BCUT2D eigenvalue weighted by Gasteiger charge is 2.39. The van der Waals surface area contributed by atoms with Crippen molar-refractivity contribution in [2.45, 2.75) is 18.6 Å². The van der Waals surface area contributed by atoms with E-state index in [0.29, 0.717) is 5.56 Å². The van der Waals surface area contributed by atoms with Crippen LogP contribution < -0.4 is 5.11 Å². The molecule has 1 aromatic carbocycles. The molecule has 0 aliphatic carbocycles. The standard InChI is InChI=1S/C12H14F2O5S/c1-9(11(15)16)12(13,14)8-19-20(17,18)7-10-5-3-2-4-6-10/h2-6,9H,7-8H2,1H3,(H,15,16)/p-1. The van der Waals surface area contributed by atoms with Crippen molar-refractivity contribution in [1.29, 1.82) is 0 Å². The van der Waals surface area contributed by atoms with E-state index in [-0.39, 0.29) is 0 Å². The Morgan fingerprint density at radius 1 is 1.35 bits per heavy atom. The molecule has 0 spiro atoms. The van der Waals surface area contributed by atoms with Gasteiger partial charge in [-0.15, -0.1) is 0 Å². The number of halogens is 2. The number of carboxylic acids is 1. The van der Waals surface area contributed by atoms with Crippen molar-refractivity contribution < 1.29 is 31.3 Å². The van der Waals surface area contributed by atoms with Gasteiger partial charge >= 0.3 is 0 Å². The van der Waals surface area contributed by atoms with Crippen LogP contribution in [0.5, 0.6) is 0 Å². The lowest BCUT2D eigenvalue weighted by atomic mass is 10.1. The molecular formula is C12H13F2O5S-. The molecule has 1 atom stereocenters. The van der Waals surface area contributed by atoms with Gasteiger partial charge in [-0.2, -0.15) is 8.42 Å². The Kier molecular flexibility index (Phi) is 5.18. The summed E-state index contributed by atoms with van der Waals surface area (Å²) in [5, 5.41) is 10.4. The van der Waals surface area contributed by atoms with E-state index in [1.54, 1.807) is 18.2 Å². The lowest BCUT2D eigenvalue weighted by Gasteiger charge is -2.23. The van der Waals surface area contributed by atoms with Gasteiger partial charge in [0.05, 0.1) is 11.9 Å². The van der Waals surface area contributed by atoms with Crippen LogP contribution in [-0.2, 0) is 24.8 Å². The van der Waals surface area contributed by atoms with Gasteiger partial charge in [0.25, 0.3) is 16.0 Å². The average molecular weight is 307 g/mol. The molecule has 0 saturated heterocycles. The monoisotopic (exact) mass is 307 g/mol. The van der Waals surface area contributed by atoms with Gasteiger partial charge in [0.15, 0.2) is 0 Å². The highest BCUT2D eigenvalue weighted by molar-refractivity contribution is 7.85. The quantitative estimate of drug-likeness (QED) is 0.687. The molecule has 0 heterocycles. The number of carboxylic acid groups (broad SMARTS) is 1. The van der Waals surface area contributed by atoms with Crippen molar-refractivity contribution in [3.05, 3.63) is 35.9 Å². The van der Waals surface area contributed by atoms with Crippen LogP contribution in [0.15, 0.2) is 30.3 Å². The molecule has 20 heavy (non-hydrogen) atoms. The number of aliphatic carboxylic acids is 1. The Morgan fingerprint density at radius 2 is 1.90 bits per heavy atom. The number of carbonyl (C=O) groups excluding carboxylic acids is 1. The topological polar surface area (TPSA) is 83.5 Å². The summed E-state index contributed by atoms with van der Waals surface area (Å²) in [6.45, 7) is -0.806. The summed E-state index contributed by atoms with van der Waals surface area (Å²) >= 11 is 0. The van der Waals surface area contributed by atoms with E-state index in [2.05, 4.69) is 4.18 Å². The summed E-state index contributed by atoms with van der Waals surface area (Å²) in [5.74, 6) is -8.51. The first-order valence-corrected chi connectivity index (χ1v) is 7.21. The number of alkyl halides is 2. The smallest absolute Gasteiger partial charge is 0.280 e. The Hall–Kier alpha value is -1.54. The van der Waals surface area contributed by atoms with E-state index >= 15 is 0 Å². The molecule has 112 valence electrons. The van der Waals surface area contributed by atoms with Gasteiger partial charge < -0.3 is 9.90 Å². The maximum absolute atomic E-state index is 13.3. The van der Waals surface area contributed by atoms with E-state index in [1.165, 1.54) is 12.1 Å². The van der Waals surface area contributed by atoms with Crippen molar-refractivity contribution in [1.82, 2.24) is 0 Å².